The number of fused-ring (bicyclic) bond motifs is 1. The Morgan fingerprint density at radius 1 is 1.03 bits per heavy atom. The quantitative estimate of drug-likeness (QED) is 0.306. The van der Waals surface area contributed by atoms with Crippen molar-refractivity contribution < 1.29 is 4.74 Å². The van der Waals surface area contributed by atoms with Gasteiger partial charge in [-0.05, 0) is 53.2 Å². The number of methoxy groups -OCH3 is 1. The van der Waals surface area contributed by atoms with Gasteiger partial charge in [0.2, 0.25) is 0 Å². The molecule has 6 heteroatoms. The van der Waals surface area contributed by atoms with Gasteiger partial charge in [-0.25, -0.2) is 0 Å². The topological polar surface area (TPSA) is 47.0 Å². The molecular formula is C26H25ClN2O2S. The molecule has 0 amide bonds. The van der Waals surface area contributed by atoms with E-state index in [9.17, 15) is 4.79 Å². The van der Waals surface area contributed by atoms with Gasteiger partial charge in [0.15, 0.2) is 4.77 Å². The van der Waals surface area contributed by atoms with E-state index in [-0.39, 0.29) is 5.56 Å². The van der Waals surface area contributed by atoms with Gasteiger partial charge in [-0.3, -0.25) is 9.78 Å². The number of H-pyrrole nitrogens is 1. The van der Waals surface area contributed by atoms with Crippen LogP contribution in [-0.2, 0) is 13.0 Å². The number of unbranched alkanes of at least 4 members (excludes halogenated alkanes) is 1. The van der Waals surface area contributed by atoms with Crippen LogP contribution in [0.3, 0.4) is 0 Å². The van der Waals surface area contributed by atoms with Gasteiger partial charge < -0.3 is 9.30 Å². The highest BCUT2D eigenvalue weighted by molar-refractivity contribution is 7.71. The first-order chi connectivity index (χ1) is 15.5. The van der Waals surface area contributed by atoms with Crippen molar-refractivity contribution >= 4 is 34.6 Å². The third-order valence-electron chi connectivity index (χ3n) is 5.72. The summed E-state index contributed by atoms with van der Waals surface area (Å²) in [5.41, 5.74) is 3.20. The average Bonchev–Trinajstić information content (AvgIpc) is 2.80. The van der Waals surface area contributed by atoms with Crippen LogP contribution in [0.15, 0.2) is 65.5 Å². The molecule has 0 saturated carbocycles. The molecule has 0 saturated heterocycles. The largest absolute Gasteiger partial charge is 0.496 e. The molecule has 0 fully saturated rings. The number of aromatic amines is 1. The van der Waals surface area contributed by atoms with Gasteiger partial charge in [0.05, 0.1) is 12.8 Å². The molecule has 32 heavy (non-hydrogen) atoms. The number of nitrogens with zero attached hydrogens (tertiary/aromatic N) is 1. The Bertz CT molecular complexity index is 1370. The van der Waals surface area contributed by atoms with Gasteiger partial charge >= 0.3 is 0 Å². The lowest BCUT2D eigenvalue weighted by Gasteiger charge is -2.19. The van der Waals surface area contributed by atoms with Crippen molar-refractivity contribution in [2.45, 2.75) is 32.7 Å². The third-order valence-corrected chi connectivity index (χ3v) is 6.29. The molecule has 0 aliphatic carbocycles. The first-order valence-corrected chi connectivity index (χ1v) is 11.5. The van der Waals surface area contributed by atoms with Gasteiger partial charge in [-0.15, -0.1) is 0 Å². The van der Waals surface area contributed by atoms with Crippen LogP contribution in [0, 0.1) is 4.77 Å². The summed E-state index contributed by atoms with van der Waals surface area (Å²) in [6, 6.07) is 19.7. The first kappa shape index (κ1) is 22.3. The monoisotopic (exact) mass is 464 g/mol. The van der Waals surface area contributed by atoms with Crippen molar-refractivity contribution in [1.29, 1.82) is 0 Å². The van der Waals surface area contributed by atoms with Crippen molar-refractivity contribution in [3.8, 4) is 17.0 Å². The average molecular weight is 465 g/mol. The standard InChI is InChI=1S/C26H25ClN2O2S/c1-3-4-15-29-24(18-9-12-19(27)13-10-18)22(25(30)28-26(29)32)16-21-20-8-6-5-7-17(20)11-14-23(21)31-2/h5-14H,3-4,15-16H2,1-2H3,(H,28,30,32). The maximum absolute atomic E-state index is 13.3. The third kappa shape index (κ3) is 4.36. The highest BCUT2D eigenvalue weighted by Crippen LogP contribution is 2.32. The summed E-state index contributed by atoms with van der Waals surface area (Å²) in [5, 5.41) is 2.82. The van der Waals surface area contributed by atoms with E-state index in [0.29, 0.717) is 21.8 Å². The molecule has 0 atom stereocenters. The van der Waals surface area contributed by atoms with Crippen LogP contribution < -0.4 is 10.3 Å². The van der Waals surface area contributed by atoms with Crippen LogP contribution in [0.2, 0.25) is 5.02 Å². The van der Waals surface area contributed by atoms with E-state index >= 15 is 0 Å². The summed E-state index contributed by atoms with van der Waals surface area (Å²) in [4.78, 5) is 16.2. The van der Waals surface area contributed by atoms with E-state index in [1.807, 2.05) is 53.1 Å². The molecule has 0 aliphatic heterocycles. The fraction of sp³-hybridized carbons (Fsp3) is 0.231. The molecule has 0 unspecified atom stereocenters. The van der Waals surface area contributed by atoms with Crippen molar-refractivity contribution in [2.75, 3.05) is 7.11 Å². The Hall–Kier alpha value is -2.89. The lowest BCUT2D eigenvalue weighted by Crippen LogP contribution is -2.22. The van der Waals surface area contributed by atoms with E-state index in [4.69, 9.17) is 28.6 Å². The van der Waals surface area contributed by atoms with Crippen LogP contribution in [0.4, 0.5) is 0 Å². The van der Waals surface area contributed by atoms with Gasteiger partial charge in [0.25, 0.3) is 5.56 Å². The Morgan fingerprint density at radius 3 is 2.50 bits per heavy atom. The van der Waals surface area contributed by atoms with E-state index in [2.05, 4.69) is 24.0 Å². The van der Waals surface area contributed by atoms with E-state index in [1.165, 1.54) is 0 Å². The minimum Gasteiger partial charge on any atom is -0.496 e. The number of benzene rings is 3. The minimum absolute atomic E-state index is 0.178. The number of hydrogen-bond donors (Lipinski definition) is 1. The lowest BCUT2D eigenvalue weighted by molar-refractivity contribution is 0.411. The molecule has 1 heterocycles. The van der Waals surface area contributed by atoms with E-state index in [0.717, 1.165) is 52.7 Å². The molecule has 0 aliphatic rings. The molecule has 4 rings (SSSR count). The second-order valence-electron chi connectivity index (χ2n) is 7.74. The zero-order valence-electron chi connectivity index (χ0n) is 18.2. The normalized spacial score (nSPS) is 11.1. The van der Waals surface area contributed by atoms with Crippen LogP contribution >= 0.6 is 23.8 Å². The smallest absolute Gasteiger partial charge is 0.255 e. The summed E-state index contributed by atoms with van der Waals surface area (Å²) in [6.07, 6.45) is 2.39. The predicted octanol–water partition coefficient (Wildman–Crippen LogP) is 6.78. The number of nitrogens with one attached hydrogen (secondary N) is 1. The summed E-state index contributed by atoms with van der Waals surface area (Å²) < 4.78 is 8.16. The first-order valence-electron chi connectivity index (χ1n) is 10.7. The van der Waals surface area contributed by atoms with Crippen molar-refractivity contribution in [1.82, 2.24) is 9.55 Å². The molecule has 1 aromatic heterocycles. The molecule has 0 radical (unpaired) electrons. The number of halogens is 1. The van der Waals surface area contributed by atoms with Gasteiger partial charge in [0, 0.05) is 29.1 Å². The van der Waals surface area contributed by atoms with Crippen molar-refractivity contribution in [3.05, 3.63) is 91.9 Å². The molecule has 0 spiro atoms. The van der Waals surface area contributed by atoms with Gasteiger partial charge in [0.1, 0.15) is 5.75 Å². The molecule has 4 nitrogen and oxygen atoms in total. The number of aromatic nitrogens is 2. The van der Waals surface area contributed by atoms with Crippen LogP contribution in [0.5, 0.6) is 5.75 Å². The van der Waals surface area contributed by atoms with Crippen molar-refractivity contribution in [3.63, 3.8) is 0 Å². The Balaban J connectivity index is 1.99. The Kier molecular flexibility index (Phi) is 6.77. The number of ether oxygens (including phenoxy) is 1. The van der Waals surface area contributed by atoms with E-state index in [1.54, 1.807) is 7.11 Å². The molecule has 4 aromatic rings. The molecule has 1 N–H and O–H groups in total. The fourth-order valence-electron chi connectivity index (χ4n) is 4.11. The van der Waals surface area contributed by atoms with Gasteiger partial charge in [-0.1, -0.05) is 67.4 Å². The predicted molar refractivity (Wildman–Crippen MR) is 135 cm³/mol. The summed E-state index contributed by atoms with van der Waals surface area (Å²) in [6.45, 7) is 2.86. The number of hydrogen-bond acceptors (Lipinski definition) is 3. The fourth-order valence-corrected chi connectivity index (χ4v) is 4.51. The molecule has 164 valence electrons. The Labute approximate surface area is 197 Å². The van der Waals surface area contributed by atoms with Gasteiger partial charge in [-0.2, -0.15) is 0 Å². The SMILES string of the molecule is CCCCn1c(-c2ccc(Cl)cc2)c(Cc2c(OC)ccc3ccccc23)c(=O)[nH]c1=S. The van der Waals surface area contributed by atoms with Crippen molar-refractivity contribution in [2.24, 2.45) is 0 Å². The highest BCUT2D eigenvalue weighted by Gasteiger charge is 2.19. The van der Waals surface area contributed by atoms with Crippen LogP contribution in [-0.4, -0.2) is 16.7 Å². The zero-order chi connectivity index (χ0) is 22.7. The molecular weight excluding hydrogens is 440 g/mol. The summed E-state index contributed by atoms with van der Waals surface area (Å²) in [5.74, 6) is 0.757. The Morgan fingerprint density at radius 2 is 1.78 bits per heavy atom. The van der Waals surface area contributed by atoms with Crippen LogP contribution in [0.25, 0.3) is 22.0 Å². The molecule has 3 aromatic carbocycles. The summed E-state index contributed by atoms with van der Waals surface area (Å²) in [7, 11) is 1.66. The number of rotatable bonds is 7. The van der Waals surface area contributed by atoms with E-state index < -0.39 is 0 Å². The summed E-state index contributed by atoms with van der Waals surface area (Å²) >= 11 is 11.7. The second kappa shape index (κ2) is 9.72. The lowest BCUT2D eigenvalue weighted by atomic mass is 9.95. The zero-order valence-corrected chi connectivity index (χ0v) is 19.7. The van der Waals surface area contributed by atoms with Crippen LogP contribution in [0.1, 0.15) is 30.9 Å². The maximum atomic E-state index is 13.3. The molecule has 0 bridgehead atoms. The second-order valence-corrected chi connectivity index (χ2v) is 8.57. The minimum atomic E-state index is -0.178. The maximum Gasteiger partial charge on any atom is 0.255 e. The highest BCUT2D eigenvalue weighted by atomic mass is 35.5.